The highest BCUT2D eigenvalue weighted by molar-refractivity contribution is 8.76. The lowest BCUT2D eigenvalue weighted by Crippen LogP contribution is -2.47. The maximum atomic E-state index is 12.9. The van der Waals surface area contributed by atoms with Crippen LogP contribution < -0.4 is 0 Å². The molecular weight excluding hydrogens is 1130 g/mol. The van der Waals surface area contributed by atoms with Crippen molar-refractivity contribution in [1.29, 1.82) is 0 Å². The van der Waals surface area contributed by atoms with Crippen LogP contribution in [-0.2, 0) is 9.53 Å². The Bertz CT molecular complexity index is 1420. The van der Waals surface area contributed by atoms with Crippen LogP contribution in [0.5, 0.6) is 0 Å². The van der Waals surface area contributed by atoms with Crippen molar-refractivity contribution in [2.24, 2.45) is 0 Å². The standard InChI is InChI=1S/C76H150N4O6S2/c1-6-10-14-18-22-26-28-30-32-34-36-40-44-48-53-74(83)69-80(70-75(84)54-49-45-41-37-35-33-31-29-27-23-19-15-11-7-2)71(5)56-65-87-88-66-63-78-60-58-77(59-61-78)62-64-86-76(85)55-50-57-79(67-72(81)51-46-42-38-24-20-16-12-8-3)68-73(82)52-47-43-39-25-21-17-13-9-4/h30-33,71-75,81-84H,6-29,34-70H2,1-5H3/b32-30-,33-31-. The largest absolute Gasteiger partial charge is 0.464 e. The number of ether oxygens (including phenoxy) is 1. The normalized spacial score (nSPS) is 15.4. The molecule has 0 radical (unpaired) electrons. The molecule has 1 aliphatic heterocycles. The van der Waals surface area contributed by atoms with E-state index < -0.39 is 12.2 Å². The number of piperazine rings is 1. The highest BCUT2D eigenvalue weighted by Crippen LogP contribution is 2.25. The Labute approximate surface area is 555 Å². The number of carbonyl (C=O) groups excluding carboxylic acids is 1. The molecule has 1 aliphatic rings. The Kier molecular flexibility index (Phi) is 64.4. The second-order valence-electron chi connectivity index (χ2n) is 27.2. The predicted molar refractivity (Wildman–Crippen MR) is 388 cm³/mol. The molecule has 0 aromatic heterocycles. The van der Waals surface area contributed by atoms with Gasteiger partial charge in [0.05, 0.1) is 24.4 Å². The van der Waals surface area contributed by atoms with Crippen LogP contribution in [0, 0.1) is 0 Å². The third kappa shape index (κ3) is 58.0. The van der Waals surface area contributed by atoms with Gasteiger partial charge in [-0.25, -0.2) is 0 Å². The highest BCUT2D eigenvalue weighted by Gasteiger charge is 2.22. The Morgan fingerprint density at radius 1 is 0.409 bits per heavy atom. The predicted octanol–water partition coefficient (Wildman–Crippen LogP) is 19.5. The molecular formula is C76H150N4O6S2. The van der Waals surface area contributed by atoms with Crippen molar-refractivity contribution in [2.75, 3.05) is 90.1 Å². The molecule has 1 saturated heterocycles. The van der Waals surface area contributed by atoms with E-state index in [0.29, 0.717) is 58.2 Å². The van der Waals surface area contributed by atoms with Crippen molar-refractivity contribution in [3.63, 3.8) is 0 Å². The number of aliphatic hydroxyl groups is 4. The number of hydrogen-bond donors (Lipinski definition) is 4. The van der Waals surface area contributed by atoms with Gasteiger partial charge in [0.2, 0.25) is 0 Å². The van der Waals surface area contributed by atoms with Crippen LogP contribution in [0.3, 0.4) is 0 Å². The average Bonchev–Trinajstić information content (AvgIpc) is 3.73. The molecule has 522 valence electrons. The molecule has 1 heterocycles. The van der Waals surface area contributed by atoms with Crippen LogP contribution in [0.2, 0.25) is 0 Å². The molecule has 0 bridgehead atoms. The summed E-state index contributed by atoms with van der Waals surface area (Å²) in [6.45, 7) is 20.8. The van der Waals surface area contributed by atoms with E-state index in [1.807, 2.05) is 21.6 Å². The second-order valence-corrected chi connectivity index (χ2v) is 29.9. The van der Waals surface area contributed by atoms with E-state index in [1.165, 1.54) is 231 Å². The van der Waals surface area contributed by atoms with Crippen molar-refractivity contribution in [1.82, 2.24) is 19.6 Å². The minimum Gasteiger partial charge on any atom is -0.464 e. The maximum absolute atomic E-state index is 12.9. The van der Waals surface area contributed by atoms with Crippen LogP contribution in [0.4, 0.5) is 0 Å². The average molecular weight is 1280 g/mol. The van der Waals surface area contributed by atoms with Gasteiger partial charge in [-0.05, 0) is 103 Å². The van der Waals surface area contributed by atoms with Gasteiger partial charge in [-0.3, -0.25) is 24.4 Å². The van der Waals surface area contributed by atoms with E-state index in [2.05, 4.69) is 78.5 Å². The second kappa shape index (κ2) is 66.4. The summed E-state index contributed by atoms with van der Waals surface area (Å²) < 4.78 is 5.75. The molecule has 88 heavy (non-hydrogen) atoms. The molecule has 0 amide bonds. The van der Waals surface area contributed by atoms with Crippen LogP contribution in [0.15, 0.2) is 24.3 Å². The summed E-state index contributed by atoms with van der Waals surface area (Å²) in [4.78, 5) is 22.5. The van der Waals surface area contributed by atoms with Crippen molar-refractivity contribution < 1.29 is 30.0 Å². The monoisotopic (exact) mass is 1280 g/mol. The van der Waals surface area contributed by atoms with E-state index in [4.69, 9.17) is 4.74 Å². The van der Waals surface area contributed by atoms with E-state index in [1.54, 1.807) is 0 Å². The van der Waals surface area contributed by atoms with Crippen molar-refractivity contribution in [3.05, 3.63) is 24.3 Å². The molecule has 4 N–H and O–H groups in total. The number of unbranched alkanes of at least 4 members (excludes halogenated alkanes) is 34. The van der Waals surface area contributed by atoms with Crippen LogP contribution in [-0.4, -0.2) is 167 Å². The van der Waals surface area contributed by atoms with Crippen LogP contribution in [0.1, 0.15) is 336 Å². The van der Waals surface area contributed by atoms with Crippen molar-refractivity contribution in [2.45, 2.75) is 367 Å². The number of rotatable bonds is 69. The Morgan fingerprint density at radius 2 is 0.727 bits per heavy atom. The minimum absolute atomic E-state index is 0.146. The first-order chi connectivity index (χ1) is 43.1. The molecule has 0 aromatic rings. The SMILES string of the molecule is CCCCCCCC/C=C\CCCCCCC(O)CN(CC(O)CCCCCC/C=C\CCCCCCCC)C(C)CCSSCCN1CCN(CCOC(=O)CCCN(CC(O)CCCCCCCCCC)CC(O)CCCCCCCCCC)CC1. The zero-order chi connectivity index (χ0) is 63.9. The first-order valence-electron chi connectivity index (χ1n) is 38.4. The fraction of sp³-hybridized carbons (Fsp3) is 0.934. The van der Waals surface area contributed by atoms with Gasteiger partial charge in [0.15, 0.2) is 0 Å². The summed E-state index contributed by atoms with van der Waals surface area (Å²) in [5, 5.41) is 44.7. The minimum atomic E-state index is -0.408. The lowest BCUT2D eigenvalue weighted by atomic mass is 10.0. The summed E-state index contributed by atoms with van der Waals surface area (Å²) in [5.41, 5.74) is 0. The van der Waals surface area contributed by atoms with Crippen molar-refractivity contribution >= 4 is 27.6 Å². The molecule has 1 rings (SSSR count). The number of allylic oxidation sites excluding steroid dienone is 4. The van der Waals surface area contributed by atoms with Gasteiger partial charge in [0.25, 0.3) is 0 Å². The summed E-state index contributed by atoms with van der Waals surface area (Å²) in [5.74, 6) is 2.01. The fourth-order valence-corrected chi connectivity index (χ4v) is 14.7. The van der Waals surface area contributed by atoms with Gasteiger partial charge < -0.3 is 25.2 Å². The quantitative estimate of drug-likeness (QED) is 0.0201. The van der Waals surface area contributed by atoms with E-state index in [0.717, 1.165) is 109 Å². The number of aliphatic hydroxyl groups excluding tert-OH is 4. The van der Waals surface area contributed by atoms with Gasteiger partial charge >= 0.3 is 5.97 Å². The first-order valence-corrected chi connectivity index (χ1v) is 40.9. The molecule has 0 spiro atoms. The van der Waals surface area contributed by atoms with Gasteiger partial charge in [0, 0.05) is 89.4 Å². The molecule has 5 atom stereocenters. The Hall–Kier alpha value is -0.670. The summed E-state index contributed by atoms with van der Waals surface area (Å²) >= 11 is 0. The lowest BCUT2D eigenvalue weighted by Gasteiger charge is -2.34. The van der Waals surface area contributed by atoms with Gasteiger partial charge in [-0.1, -0.05) is 279 Å². The molecule has 1 fully saturated rings. The fourth-order valence-electron chi connectivity index (χ4n) is 12.5. The summed E-state index contributed by atoms with van der Waals surface area (Å²) in [6.07, 6.45) is 64.0. The molecule has 12 heteroatoms. The Balaban J connectivity index is 2.46. The van der Waals surface area contributed by atoms with E-state index in [-0.39, 0.29) is 18.2 Å². The van der Waals surface area contributed by atoms with Crippen molar-refractivity contribution in [3.8, 4) is 0 Å². The molecule has 0 aliphatic carbocycles. The molecule has 0 aromatic carbocycles. The number of hydrogen-bond acceptors (Lipinski definition) is 12. The zero-order valence-electron chi connectivity index (χ0n) is 59.0. The van der Waals surface area contributed by atoms with Crippen LogP contribution in [0.25, 0.3) is 0 Å². The van der Waals surface area contributed by atoms with E-state index in [9.17, 15) is 25.2 Å². The highest BCUT2D eigenvalue weighted by atomic mass is 33.1. The number of carbonyl (C=O) groups is 1. The number of nitrogens with zero attached hydrogens (tertiary/aromatic N) is 4. The third-order valence-corrected chi connectivity index (χ3v) is 20.9. The maximum Gasteiger partial charge on any atom is 0.305 e. The topological polar surface area (TPSA) is 120 Å². The van der Waals surface area contributed by atoms with Crippen LogP contribution >= 0.6 is 21.6 Å². The Morgan fingerprint density at radius 3 is 1.10 bits per heavy atom. The van der Waals surface area contributed by atoms with Gasteiger partial charge in [-0.15, -0.1) is 0 Å². The lowest BCUT2D eigenvalue weighted by molar-refractivity contribution is -0.144. The molecule has 10 nitrogen and oxygen atoms in total. The molecule has 5 unspecified atom stereocenters. The molecule has 0 saturated carbocycles. The third-order valence-electron chi connectivity index (χ3n) is 18.5. The zero-order valence-corrected chi connectivity index (χ0v) is 60.7. The number of esters is 1. The van der Waals surface area contributed by atoms with E-state index >= 15 is 0 Å². The van der Waals surface area contributed by atoms with Gasteiger partial charge in [0.1, 0.15) is 6.61 Å². The summed E-state index contributed by atoms with van der Waals surface area (Å²) in [6, 6.07) is 0.305. The first kappa shape index (κ1) is 85.3. The summed E-state index contributed by atoms with van der Waals surface area (Å²) in [7, 11) is 3.95. The van der Waals surface area contributed by atoms with Gasteiger partial charge in [-0.2, -0.15) is 0 Å². The smallest absolute Gasteiger partial charge is 0.305 e.